The van der Waals surface area contributed by atoms with Crippen molar-refractivity contribution in [2.24, 2.45) is 17.8 Å². The Balaban J connectivity index is 1.29. The molecule has 0 unspecified atom stereocenters. The van der Waals surface area contributed by atoms with E-state index in [0.29, 0.717) is 29.0 Å². The van der Waals surface area contributed by atoms with Crippen LogP contribution in [0.2, 0.25) is 5.04 Å². The second kappa shape index (κ2) is 15.5. The third-order valence-corrected chi connectivity index (χ3v) is 16.2. The van der Waals surface area contributed by atoms with Crippen LogP contribution in [-0.4, -0.2) is 67.6 Å². The summed E-state index contributed by atoms with van der Waals surface area (Å²) in [5.74, 6) is -4.25. The van der Waals surface area contributed by atoms with Crippen molar-refractivity contribution in [1.29, 1.82) is 0 Å². The van der Waals surface area contributed by atoms with Gasteiger partial charge in [-0.2, -0.15) is 4.90 Å². The number of nitrogens with zero attached hydrogens (tertiary/aromatic N) is 2. The highest BCUT2D eigenvalue weighted by atomic mass is 28.4. The lowest BCUT2D eigenvalue weighted by molar-refractivity contribution is -0.137. The summed E-state index contributed by atoms with van der Waals surface area (Å²) < 4.78 is 33.2. The van der Waals surface area contributed by atoms with Gasteiger partial charge in [-0.25, -0.2) is 9.18 Å². The number of carbonyl (C=O) groups is 3. The van der Waals surface area contributed by atoms with E-state index in [2.05, 4.69) is 50.0 Å². The molecule has 2 saturated heterocycles. The van der Waals surface area contributed by atoms with Crippen molar-refractivity contribution in [3.05, 3.63) is 131 Å². The predicted octanol–water partition coefficient (Wildman–Crippen LogP) is 6.91. The molecule has 3 heterocycles. The van der Waals surface area contributed by atoms with Gasteiger partial charge in [-0.3, -0.25) is 14.6 Å². The summed E-state index contributed by atoms with van der Waals surface area (Å²) >= 11 is 0. The minimum absolute atomic E-state index is 0.198. The number of phenolic OH excluding ortho intramolecular Hbond substituents is 1. The molecule has 9 nitrogen and oxygen atoms in total. The van der Waals surface area contributed by atoms with Crippen LogP contribution in [0.3, 0.4) is 0 Å². The quantitative estimate of drug-likeness (QED) is 0.106. The fraction of sp³-hybridized carbons (Fsp3) is 0.318. The molecule has 1 aliphatic carbocycles. The molecule has 55 heavy (non-hydrogen) atoms. The number of aromatic nitrogens is 1. The monoisotopic (exact) mass is 760 g/mol. The topological polar surface area (TPSA) is 115 Å². The number of likely N-dealkylation sites (tertiary alicyclic amines) is 1. The zero-order valence-corrected chi connectivity index (χ0v) is 32.4. The number of rotatable bonds is 10. The Morgan fingerprint density at radius 3 is 2.24 bits per heavy atom. The Kier molecular flexibility index (Phi) is 10.7. The number of amides is 3. The van der Waals surface area contributed by atoms with Gasteiger partial charge in [0, 0.05) is 12.1 Å². The lowest BCUT2D eigenvalue weighted by atomic mass is 9.69. The SMILES string of the molecule is COC(=O)N1C(=O)[C@@H]2[C@@H](CC(CO[Si](c3ccccc3)(c3ccccc3)C(C)(C)C)=C3[C@@H](CC/C(=C/c4ccc(O)c(F)c4)c4ccccn4)OC[C@@H]32)C1=O. The van der Waals surface area contributed by atoms with Crippen LogP contribution in [0.5, 0.6) is 5.75 Å². The Labute approximate surface area is 321 Å². The number of fused-ring (bicyclic) bond motifs is 3. The molecule has 3 aromatic carbocycles. The smallest absolute Gasteiger partial charge is 0.423 e. The fourth-order valence-electron chi connectivity index (χ4n) is 8.76. The van der Waals surface area contributed by atoms with Gasteiger partial charge in [-0.1, -0.05) is 93.6 Å². The van der Waals surface area contributed by atoms with E-state index in [4.69, 9.17) is 13.9 Å². The van der Waals surface area contributed by atoms with Crippen molar-refractivity contribution >= 4 is 48.2 Å². The number of methoxy groups -OCH3 is 1. The van der Waals surface area contributed by atoms with Crippen LogP contribution in [0.4, 0.5) is 9.18 Å². The third-order valence-electron chi connectivity index (χ3n) is 11.2. The van der Waals surface area contributed by atoms with E-state index < -0.39 is 61.6 Å². The molecular weight excluding hydrogens is 716 g/mol. The van der Waals surface area contributed by atoms with Gasteiger partial charge in [0.05, 0.1) is 44.0 Å². The van der Waals surface area contributed by atoms with Crippen LogP contribution in [0.25, 0.3) is 11.6 Å². The first-order valence-electron chi connectivity index (χ1n) is 18.6. The van der Waals surface area contributed by atoms with Gasteiger partial charge in [0.1, 0.15) is 0 Å². The maximum absolute atomic E-state index is 14.4. The first-order chi connectivity index (χ1) is 26.4. The van der Waals surface area contributed by atoms with E-state index in [1.165, 1.54) is 12.1 Å². The number of imide groups is 3. The Morgan fingerprint density at radius 1 is 0.964 bits per heavy atom. The zero-order valence-electron chi connectivity index (χ0n) is 31.4. The molecule has 284 valence electrons. The van der Waals surface area contributed by atoms with Crippen molar-refractivity contribution in [1.82, 2.24) is 9.88 Å². The van der Waals surface area contributed by atoms with Gasteiger partial charge in [0.15, 0.2) is 11.6 Å². The summed E-state index contributed by atoms with van der Waals surface area (Å²) in [5.41, 5.74) is 3.95. The number of phenols is 1. The van der Waals surface area contributed by atoms with Crippen molar-refractivity contribution in [3.63, 3.8) is 0 Å². The highest BCUT2D eigenvalue weighted by Gasteiger charge is 2.59. The van der Waals surface area contributed by atoms with E-state index in [-0.39, 0.29) is 24.7 Å². The van der Waals surface area contributed by atoms with Crippen molar-refractivity contribution in [3.8, 4) is 5.75 Å². The summed E-state index contributed by atoms with van der Waals surface area (Å²) in [5, 5.41) is 11.7. The van der Waals surface area contributed by atoms with Crippen LogP contribution >= 0.6 is 0 Å². The fourth-order valence-corrected chi connectivity index (χ4v) is 13.3. The van der Waals surface area contributed by atoms with Crippen LogP contribution < -0.4 is 10.4 Å². The average molecular weight is 761 g/mol. The van der Waals surface area contributed by atoms with E-state index in [9.17, 15) is 23.9 Å². The lowest BCUT2D eigenvalue weighted by Crippen LogP contribution is -2.66. The molecule has 2 fully saturated rings. The molecule has 3 aliphatic rings. The maximum atomic E-state index is 14.4. The molecule has 0 saturated carbocycles. The second-order valence-corrected chi connectivity index (χ2v) is 19.7. The van der Waals surface area contributed by atoms with Crippen LogP contribution in [0, 0.1) is 23.6 Å². The van der Waals surface area contributed by atoms with Gasteiger partial charge in [-0.15, -0.1) is 0 Å². The van der Waals surface area contributed by atoms with Gasteiger partial charge < -0.3 is 19.0 Å². The Hall–Kier alpha value is -5.23. The van der Waals surface area contributed by atoms with E-state index in [0.717, 1.165) is 34.2 Å². The number of aromatic hydroxyl groups is 1. The van der Waals surface area contributed by atoms with E-state index in [1.54, 1.807) is 12.3 Å². The normalized spacial score (nSPS) is 21.5. The number of halogens is 1. The van der Waals surface area contributed by atoms with Crippen molar-refractivity contribution < 1.29 is 37.8 Å². The molecule has 4 atom stereocenters. The number of carbonyl (C=O) groups excluding carboxylic acids is 3. The first kappa shape index (κ1) is 38.1. The minimum Gasteiger partial charge on any atom is -0.505 e. The molecule has 7 rings (SSSR count). The number of hydrogen-bond donors (Lipinski definition) is 1. The molecular formula is C44H45FN2O7Si. The van der Waals surface area contributed by atoms with Crippen molar-refractivity contribution in [2.75, 3.05) is 20.3 Å². The van der Waals surface area contributed by atoms with Gasteiger partial charge in [0.2, 0.25) is 11.8 Å². The molecule has 1 aromatic heterocycles. The number of hydrogen-bond acceptors (Lipinski definition) is 8. The number of benzene rings is 3. The minimum atomic E-state index is -3.01. The standard InChI is InChI=1S/C44H45FN2O7Si/c1-44(2,3)55(31-13-7-5-8-14-31,32-15-9-6-10-16-32)54-26-30-25-33-40(42(50)47(41(33)49)43(51)52-4)34-27-53-38(39(30)34)21-19-29(36-17-11-12-22-46-36)23-28-18-20-37(48)35(45)24-28/h5-18,20,22-24,33-34,38,40,48H,19,21,25-27H2,1-4H3/b29-23-/t33-,34+,38-,40-/m1/s1. The number of pyridine rings is 1. The molecule has 4 aromatic rings. The molecule has 2 aliphatic heterocycles. The lowest BCUT2D eigenvalue weighted by Gasteiger charge is -2.44. The van der Waals surface area contributed by atoms with Crippen LogP contribution in [0.15, 0.2) is 114 Å². The molecule has 11 heteroatoms. The first-order valence-corrected chi connectivity index (χ1v) is 20.5. The molecule has 0 bridgehead atoms. The summed E-state index contributed by atoms with van der Waals surface area (Å²) in [6.45, 7) is 7.02. The molecule has 0 spiro atoms. The largest absolute Gasteiger partial charge is 0.505 e. The summed E-state index contributed by atoms with van der Waals surface area (Å²) in [6.07, 6.45) is 3.36. The van der Waals surface area contributed by atoms with Crippen LogP contribution in [-0.2, 0) is 23.5 Å². The van der Waals surface area contributed by atoms with Gasteiger partial charge in [0.25, 0.3) is 8.32 Å². The number of allylic oxidation sites excluding steroid dienone is 1. The zero-order chi connectivity index (χ0) is 38.9. The van der Waals surface area contributed by atoms with Gasteiger partial charge >= 0.3 is 6.09 Å². The maximum Gasteiger partial charge on any atom is 0.423 e. The molecule has 1 N–H and O–H groups in total. The highest BCUT2D eigenvalue weighted by Crippen LogP contribution is 2.51. The number of ether oxygens (including phenoxy) is 2. The van der Waals surface area contributed by atoms with Gasteiger partial charge in [-0.05, 0) is 87.3 Å². The Morgan fingerprint density at radius 2 is 1.64 bits per heavy atom. The third kappa shape index (κ3) is 7.08. The van der Waals surface area contributed by atoms with Crippen LogP contribution in [0.1, 0.15) is 51.3 Å². The van der Waals surface area contributed by atoms with E-state index in [1.807, 2.05) is 60.7 Å². The summed E-state index contributed by atoms with van der Waals surface area (Å²) in [6, 6.07) is 30.5. The second-order valence-electron chi connectivity index (χ2n) is 15.4. The summed E-state index contributed by atoms with van der Waals surface area (Å²) in [7, 11) is -1.85. The summed E-state index contributed by atoms with van der Waals surface area (Å²) in [4.78, 5) is 45.7. The predicted molar refractivity (Wildman–Crippen MR) is 209 cm³/mol. The van der Waals surface area contributed by atoms with Crippen molar-refractivity contribution in [2.45, 2.75) is 51.2 Å². The average Bonchev–Trinajstić information content (AvgIpc) is 3.72. The highest BCUT2D eigenvalue weighted by molar-refractivity contribution is 6.99. The molecule has 0 radical (unpaired) electrons. The van der Waals surface area contributed by atoms with E-state index >= 15 is 0 Å². The Bertz CT molecular complexity index is 2100. The molecule has 3 amide bonds.